The van der Waals surface area contributed by atoms with Gasteiger partial charge in [0.05, 0.1) is 5.56 Å². The molecule has 120 valence electrons. The smallest absolute Gasteiger partial charge is 0.416 e. The van der Waals surface area contributed by atoms with Gasteiger partial charge >= 0.3 is 6.18 Å². The highest BCUT2D eigenvalue weighted by Crippen LogP contribution is 2.32. The van der Waals surface area contributed by atoms with E-state index in [4.69, 9.17) is 15.9 Å². The maximum Gasteiger partial charge on any atom is 0.416 e. The number of carbonyl (C=O) groups is 1. The van der Waals surface area contributed by atoms with Gasteiger partial charge in [-0.1, -0.05) is 6.07 Å². The van der Waals surface area contributed by atoms with Crippen molar-refractivity contribution in [2.75, 3.05) is 13.1 Å². The number of amidine groups is 1. The molecule has 1 amide bonds. The normalized spacial score (nSPS) is 16.4. The van der Waals surface area contributed by atoms with Gasteiger partial charge in [0, 0.05) is 25.9 Å². The number of rotatable bonds is 2. The summed E-state index contributed by atoms with van der Waals surface area (Å²) in [6, 6.07) is 4.74. The van der Waals surface area contributed by atoms with Crippen molar-refractivity contribution in [1.29, 1.82) is 5.41 Å². The Hall–Kier alpha value is -2.25. The number of hydrogen-bond donors (Lipinski definition) is 2. The Morgan fingerprint density at radius 2 is 1.95 bits per heavy atom. The number of hydrogen-bond acceptors (Lipinski definition) is 3. The van der Waals surface area contributed by atoms with Gasteiger partial charge in [-0.15, -0.1) is 0 Å². The molecule has 1 aromatic carbocycles. The maximum absolute atomic E-state index is 12.6. The van der Waals surface area contributed by atoms with E-state index >= 15 is 0 Å². The predicted octanol–water partition coefficient (Wildman–Crippen LogP) is 2.01. The zero-order chi connectivity index (χ0) is 16.3. The molecule has 0 atom stereocenters. The van der Waals surface area contributed by atoms with E-state index in [0.29, 0.717) is 25.9 Å². The second-order valence-electron chi connectivity index (χ2n) is 5.04. The van der Waals surface area contributed by atoms with E-state index in [-0.39, 0.29) is 17.7 Å². The zero-order valence-electron chi connectivity index (χ0n) is 11.7. The van der Waals surface area contributed by atoms with Crippen molar-refractivity contribution < 1.29 is 22.7 Å². The third-order valence-electron chi connectivity index (χ3n) is 3.46. The molecule has 0 aliphatic carbocycles. The van der Waals surface area contributed by atoms with Gasteiger partial charge in [0.25, 0.3) is 5.91 Å². The van der Waals surface area contributed by atoms with E-state index in [1.807, 2.05) is 0 Å². The van der Waals surface area contributed by atoms with Crippen molar-refractivity contribution in [3.8, 4) is 5.75 Å². The summed E-state index contributed by atoms with van der Waals surface area (Å²) in [6.07, 6.45) is -3.64. The lowest BCUT2D eigenvalue weighted by Crippen LogP contribution is -2.46. The first-order valence-electron chi connectivity index (χ1n) is 6.74. The van der Waals surface area contributed by atoms with Crippen LogP contribution in [-0.2, 0) is 11.0 Å². The van der Waals surface area contributed by atoms with E-state index in [2.05, 4.69) is 0 Å². The number of benzene rings is 1. The molecular weight excluding hydrogens is 299 g/mol. The summed E-state index contributed by atoms with van der Waals surface area (Å²) in [5, 5.41) is 7.51. The summed E-state index contributed by atoms with van der Waals surface area (Å²) in [7, 11) is 0. The van der Waals surface area contributed by atoms with E-state index in [0.717, 1.165) is 12.1 Å². The van der Waals surface area contributed by atoms with Gasteiger partial charge in [-0.25, -0.2) is 0 Å². The first-order chi connectivity index (χ1) is 10.3. The Morgan fingerprint density at radius 3 is 2.50 bits per heavy atom. The van der Waals surface area contributed by atoms with Crippen LogP contribution in [0.25, 0.3) is 0 Å². The number of halogens is 3. The average molecular weight is 315 g/mol. The first kappa shape index (κ1) is 16.1. The molecule has 5 nitrogen and oxygen atoms in total. The van der Waals surface area contributed by atoms with Crippen LogP contribution in [-0.4, -0.2) is 35.8 Å². The van der Waals surface area contributed by atoms with Gasteiger partial charge < -0.3 is 15.4 Å². The molecule has 0 spiro atoms. The summed E-state index contributed by atoms with van der Waals surface area (Å²) in [5.41, 5.74) is 4.29. The van der Waals surface area contributed by atoms with Gasteiger partial charge in [0.1, 0.15) is 11.9 Å². The number of nitrogens with one attached hydrogen (secondary N) is 1. The van der Waals surface area contributed by atoms with Crippen molar-refractivity contribution in [3.63, 3.8) is 0 Å². The van der Waals surface area contributed by atoms with Gasteiger partial charge in [-0.05, 0) is 18.2 Å². The minimum Gasteiger partial charge on any atom is -0.490 e. The fraction of sp³-hybridized carbons (Fsp3) is 0.429. The first-order valence-corrected chi connectivity index (χ1v) is 6.74. The minimum atomic E-state index is -4.40. The molecule has 1 saturated heterocycles. The molecule has 0 radical (unpaired) electrons. The topological polar surface area (TPSA) is 79.4 Å². The minimum absolute atomic E-state index is 0.165. The van der Waals surface area contributed by atoms with Crippen LogP contribution in [0.1, 0.15) is 18.4 Å². The highest BCUT2D eigenvalue weighted by atomic mass is 19.4. The third kappa shape index (κ3) is 3.90. The summed E-state index contributed by atoms with van der Waals surface area (Å²) >= 11 is 0. The molecule has 3 N–H and O–H groups in total. The van der Waals surface area contributed by atoms with Crippen LogP contribution in [0.3, 0.4) is 0 Å². The molecule has 0 saturated carbocycles. The number of alkyl halides is 3. The van der Waals surface area contributed by atoms with Crippen molar-refractivity contribution in [1.82, 2.24) is 4.90 Å². The number of ether oxygens (including phenoxy) is 1. The van der Waals surface area contributed by atoms with Crippen molar-refractivity contribution in [3.05, 3.63) is 29.8 Å². The number of nitrogens with two attached hydrogens (primary N) is 1. The Morgan fingerprint density at radius 1 is 1.32 bits per heavy atom. The summed E-state index contributed by atoms with van der Waals surface area (Å²) in [4.78, 5) is 12.5. The molecule has 1 aliphatic heterocycles. The molecule has 1 heterocycles. The molecule has 1 fully saturated rings. The Bertz CT molecular complexity index is 567. The fourth-order valence-electron chi connectivity index (χ4n) is 2.29. The summed E-state index contributed by atoms with van der Waals surface area (Å²) < 4.78 is 43.5. The molecule has 0 bridgehead atoms. The fourth-order valence-corrected chi connectivity index (χ4v) is 2.29. The molecule has 8 heteroatoms. The van der Waals surface area contributed by atoms with E-state index in [9.17, 15) is 18.0 Å². The second-order valence-corrected chi connectivity index (χ2v) is 5.04. The van der Waals surface area contributed by atoms with Crippen LogP contribution >= 0.6 is 0 Å². The van der Waals surface area contributed by atoms with Crippen molar-refractivity contribution in [2.45, 2.75) is 25.1 Å². The van der Waals surface area contributed by atoms with Crippen LogP contribution in [0.5, 0.6) is 5.75 Å². The molecule has 2 rings (SSSR count). The lowest BCUT2D eigenvalue weighted by molar-refractivity contribution is -0.137. The SMILES string of the molecule is N=C(C(N)=O)N1CCC(Oc2cccc(C(F)(F)F)c2)CC1. The lowest BCUT2D eigenvalue weighted by atomic mass is 10.1. The Balaban J connectivity index is 1.94. The number of nitrogens with zero attached hydrogens (tertiary/aromatic N) is 1. The lowest BCUT2D eigenvalue weighted by Gasteiger charge is -2.32. The standard InChI is InChI=1S/C14H16F3N3O2/c15-14(16,17)9-2-1-3-11(8-9)22-10-4-6-20(7-5-10)12(18)13(19)21/h1-3,8,10,18H,4-7H2,(H2,19,21). The van der Waals surface area contributed by atoms with Gasteiger partial charge in [0.15, 0.2) is 5.84 Å². The number of primary amides is 1. The predicted molar refractivity (Wildman–Crippen MR) is 73.6 cm³/mol. The van der Waals surface area contributed by atoms with Crippen LogP contribution in [0.15, 0.2) is 24.3 Å². The van der Waals surface area contributed by atoms with Crippen LogP contribution < -0.4 is 10.5 Å². The molecule has 0 aromatic heterocycles. The highest BCUT2D eigenvalue weighted by molar-refractivity contribution is 6.35. The van der Waals surface area contributed by atoms with Gasteiger partial charge in [-0.3, -0.25) is 10.2 Å². The second kappa shape index (κ2) is 6.25. The Kier molecular flexibility index (Phi) is 4.58. The van der Waals surface area contributed by atoms with E-state index in [1.54, 1.807) is 0 Å². The Labute approximate surface area is 125 Å². The maximum atomic E-state index is 12.6. The van der Waals surface area contributed by atoms with Crippen LogP contribution in [0.2, 0.25) is 0 Å². The summed E-state index contributed by atoms with van der Waals surface area (Å²) in [6.45, 7) is 0.816. The van der Waals surface area contributed by atoms with Crippen molar-refractivity contribution >= 4 is 11.7 Å². The van der Waals surface area contributed by atoms with E-state index in [1.165, 1.54) is 17.0 Å². The number of amides is 1. The van der Waals surface area contributed by atoms with E-state index < -0.39 is 17.6 Å². The van der Waals surface area contributed by atoms with Gasteiger partial charge in [-0.2, -0.15) is 13.2 Å². The molecule has 22 heavy (non-hydrogen) atoms. The highest BCUT2D eigenvalue weighted by Gasteiger charge is 2.31. The molecule has 1 aromatic rings. The van der Waals surface area contributed by atoms with Crippen LogP contribution in [0, 0.1) is 5.41 Å². The van der Waals surface area contributed by atoms with Crippen molar-refractivity contribution in [2.24, 2.45) is 5.73 Å². The number of likely N-dealkylation sites (tertiary alicyclic amines) is 1. The number of piperidine rings is 1. The monoisotopic (exact) mass is 315 g/mol. The van der Waals surface area contributed by atoms with Crippen LogP contribution in [0.4, 0.5) is 13.2 Å². The third-order valence-corrected chi connectivity index (χ3v) is 3.46. The largest absolute Gasteiger partial charge is 0.490 e. The summed E-state index contributed by atoms with van der Waals surface area (Å²) in [5.74, 6) is -0.881. The molecular formula is C14H16F3N3O2. The zero-order valence-corrected chi connectivity index (χ0v) is 11.7. The quantitative estimate of drug-likeness (QED) is 0.647. The number of carbonyl (C=O) groups excluding carboxylic acids is 1. The molecule has 0 unspecified atom stereocenters. The molecule has 1 aliphatic rings. The average Bonchev–Trinajstić information content (AvgIpc) is 2.46. The van der Waals surface area contributed by atoms with Gasteiger partial charge in [0.2, 0.25) is 0 Å².